The molecule has 0 radical (unpaired) electrons. The lowest BCUT2D eigenvalue weighted by Crippen LogP contribution is -2.36. The molecule has 0 bridgehead atoms. The van der Waals surface area contributed by atoms with E-state index < -0.39 is 11.9 Å². The maximum Gasteiger partial charge on any atom is 0.171 e. The van der Waals surface area contributed by atoms with Crippen molar-refractivity contribution in [3.63, 3.8) is 0 Å². The lowest BCUT2D eigenvalue weighted by Gasteiger charge is -2.32. The van der Waals surface area contributed by atoms with Gasteiger partial charge in [0, 0.05) is 30.8 Å². The highest BCUT2D eigenvalue weighted by atomic mass is 16.7. The summed E-state index contributed by atoms with van der Waals surface area (Å²) in [6.07, 6.45) is 9.95. The molecule has 5 nitrogen and oxygen atoms in total. The van der Waals surface area contributed by atoms with Crippen LogP contribution in [0, 0.1) is 17.3 Å². The largest absolute Gasteiger partial charge is 0.388 e. The number of carbonyl (C=O) groups is 1. The number of rotatable bonds is 11. The van der Waals surface area contributed by atoms with Gasteiger partial charge >= 0.3 is 0 Å². The molecule has 1 saturated heterocycles. The van der Waals surface area contributed by atoms with Gasteiger partial charge in [-0.25, -0.2) is 0 Å². The summed E-state index contributed by atoms with van der Waals surface area (Å²) in [5.41, 5.74) is -0.317. The van der Waals surface area contributed by atoms with Crippen molar-refractivity contribution in [2.75, 3.05) is 26.4 Å². The zero-order valence-corrected chi connectivity index (χ0v) is 16.6. The Morgan fingerprint density at radius 3 is 2.69 bits per heavy atom. The van der Waals surface area contributed by atoms with Gasteiger partial charge in [0.2, 0.25) is 0 Å². The van der Waals surface area contributed by atoms with E-state index >= 15 is 0 Å². The highest BCUT2D eigenvalue weighted by Crippen LogP contribution is 2.48. The molecule has 2 aliphatic rings. The van der Waals surface area contributed by atoms with Crippen molar-refractivity contribution in [2.24, 2.45) is 17.3 Å². The number of hydrogen-bond donors (Lipinski definition) is 1. The molecule has 150 valence electrons. The standard InChI is InChI=1S/C21H36O5/c1-4-24-16-20(2,3)19(23)10-9-17-11-12-21(25-14-15-26-21)18(17)8-6-5-7-13-22/h9-10,13,17-19,23H,4-8,11-12,14-16H2,1-3H3/b10-9+. The fourth-order valence-corrected chi connectivity index (χ4v) is 4.12. The molecule has 0 aromatic carbocycles. The van der Waals surface area contributed by atoms with Crippen LogP contribution in [-0.4, -0.2) is 49.7 Å². The SMILES string of the molecule is CCOCC(C)(C)C(O)/C=C/C1CCC2(OCCO2)C1CCCCC=O. The minimum absolute atomic E-state index is 0.287. The van der Waals surface area contributed by atoms with Crippen molar-refractivity contribution in [1.82, 2.24) is 0 Å². The molecule has 3 atom stereocenters. The maximum absolute atomic E-state index is 10.6. The summed E-state index contributed by atoms with van der Waals surface area (Å²) >= 11 is 0. The molecular formula is C21H36O5. The third kappa shape index (κ3) is 5.38. The average Bonchev–Trinajstić information content (AvgIpc) is 3.23. The summed E-state index contributed by atoms with van der Waals surface area (Å²) < 4.78 is 17.5. The molecule has 2 fully saturated rings. The lowest BCUT2D eigenvalue weighted by molar-refractivity contribution is -0.186. The molecule has 0 amide bonds. The quantitative estimate of drug-likeness (QED) is 0.343. The predicted octanol–water partition coefficient (Wildman–Crippen LogP) is 3.49. The Morgan fingerprint density at radius 2 is 2.04 bits per heavy atom. The number of aliphatic hydroxyl groups is 1. The van der Waals surface area contributed by atoms with Crippen LogP contribution in [-0.2, 0) is 19.0 Å². The summed E-state index contributed by atoms with van der Waals surface area (Å²) in [5, 5.41) is 10.6. The third-order valence-electron chi connectivity index (χ3n) is 5.79. The first kappa shape index (κ1) is 21.5. The molecule has 1 N–H and O–H groups in total. The molecule has 1 aliphatic heterocycles. The zero-order valence-electron chi connectivity index (χ0n) is 16.6. The fraction of sp³-hybridized carbons (Fsp3) is 0.857. The van der Waals surface area contributed by atoms with Gasteiger partial charge in [0.05, 0.1) is 25.9 Å². The second-order valence-electron chi connectivity index (χ2n) is 8.22. The van der Waals surface area contributed by atoms with Crippen LogP contribution >= 0.6 is 0 Å². The van der Waals surface area contributed by atoms with E-state index in [0.717, 1.165) is 38.4 Å². The molecule has 3 unspecified atom stereocenters. The van der Waals surface area contributed by atoms with Crippen LogP contribution in [0.25, 0.3) is 0 Å². The van der Waals surface area contributed by atoms with Crippen molar-refractivity contribution in [2.45, 2.75) is 71.2 Å². The molecule has 26 heavy (non-hydrogen) atoms. The second kappa shape index (κ2) is 9.98. The first-order chi connectivity index (χ1) is 12.4. The summed E-state index contributed by atoms with van der Waals surface area (Å²) in [4.78, 5) is 10.6. The molecule has 1 heterocycles. The number of carbonyl (C=O) groups excluding carboxylic acids is 1. The van der Waals surface area contributed by atoms with Gasteiger partial charge in [-0.3, -0.25) is 0 Å². The predicted molar refractivity (Wildman–Crippen MR) is 101 cm³/mol. The Labute approximate surface area is 158 Å². The minimum atomic E-state index is -0.549. The van der Waals surface area contributed by atoms with E-state index in [1.807, 2.05) is 26.8 Å². The summed E-state index contributed by atoms with van der Waals surface area (Å²) in [7, 11) is 0. The van der Waals surface area contributed by atoms with Crippen molar-refractivity contribution in [3.05, 3.63) is 12.2 Å². The van der Waals surface area contributed by atoms with Crippen LogP contribution < -0.4 is 0 Å². The fourth-order valence-electron chi connectivity index (χ4n) is 4.12. The van der Waals surface area contributed by atoms with Crippen molar-refractivity contribution in [1.29, 1.82) is 0 Å². The van der Waals surface area contributed by atoms with Crippen LogP contribution in [0.15, 0.2) is 12.2 Å². The van der Waals surface area contributed by atoms with Crippen LogP contribution in [0.3, 0.4) is 0 Å². The summed E-state index contributed by atoms with van der Waals surface area (Å²) in [6.45, 7) is 8.51. The van der Waals surface area contributed by atoms with E-state index in [9.17, 15) is 9.90 Å². The van der Waals surface area contributed by atoms with Crippen molar-refractivity contribution >= 4 is 6.29 Å². The van der Waals surface area contributed by atoms with Gasteiger partial charge in [-0.2, -0.15) is 0 Å². The number of aliphatic hydroxyl groups excluding tert-OH is 1. The average molecular weight is 369 g/mol. The molecule has 1 aliphatic carbocycles. The Morgan fingerprint density at radius 1 is 1.31 bits per heavy atom. The molecular weight excluding hydrogens is 332 g/mol. The maximum atomic E-state index is 10.6. The number of allylic oxidation sites excluding steroid dienone is 1. The molecule has 0 aromatic rings. The van der Waals surface area contributed by atoms with Crippen molar-refractivity contribution in [3.8, 4) is 0 Å². The van der Waals surface area contributed by atoms with Gasteiger partial charge < -0.3 is 24.1 Å². The summed E-state index contributed by atoms with van der Waals surface area (Å²) in [5.74, 6) is 0.166. The van der Waals surface area contributed by atoms with E-state index in [4.69, 9.17) is 14.2 Å². The van der Waals surface area contributed by atoms with E-state index in [1.54, 1.807) is 0 Å². The molecule has 1 saturated carbocycles. The number of hydrogen-bond acceptors (Lipinski definition) is 5. The van der Waals surface area contributed by atoms with E-state index in [0.29, 0.717) is 38.8 Å². The van der Waals surface area contributed by atoms with Gasteiger partial charge in [0.1, 0.15) is 6.29 Å². The lowest BCUT2D eigenvalue weighted by atomic mass is 9.84. The molecule has 0 aromatic heterocycles. The Balaban J connectivity index is 1.99. The monoisotopic (exact) mass is 368 g/mol. The smallest absolute Gasteiger partial charge is 0.171 e. The molecule has 5 heteroatoms. The van der Waals surface area contributed by atoms with Gasteiger partial charge in [0.15, 0.2) is 5.79 Å². The van der Waals surface area contributed by atoms with Gasteiger partial charge in [0.25, 0.3) is 0 Å². The van der Waals surface area contributed by atoms with Crippen LogP contribution in [0.1, 0.15) is 59.3 Å². The van der Waals surface area contributed by atoms with Crippen molar-refractivity contribution < 1.29 is 24.1 Å². The Hall–Kier alpha value is -0.750. The number of unbranched alkanes of at least 4 members (excludes halogenated alkanes) is 2. The van der Waals surface area contributed by atoms with Crippen LogP contribution in [0.2, 0.25) is 0 Å². The first-order valence-electron chi connectivity index (χ1n) is 10.1. The van der Waals surface area contributed by atoms with E-state index in [1.165, 1.54) is 0 Å². The molecule has 1 spiro atoms. The Bertz CT molecular complexity index is 453. The first-order valence-corrected chi connectivity index (χ1v) is 10.1. The summed E-state index contributed by atoms with van der Waals surface area (Å²) in [6, 6.07) is 0. The molecule has 2 rings (SSSR count). The minimum Gasteiger partial charge on any atom is -0.388 e. The van der Waals surface area contributed by atoms with Crippen LogP contribution in [0.4, 0.5) is 0 Å². The van der Waals surface area contributed by atoms with Gasteiger partial charge in [-0.05, 0) is 32.1 Å². The Kier molecular flexibility index (Phi) is 8.27. The zero-order chi connectivity index (χ0) is 19.0. The normalized spacial score (nSPS) is 26.8. The van der Waals surface area contributed by atoms with E-state index in [2.05, 4.69) is 6.08 Å². The second-order valence-corrected chi connectivity index (χ2v) is 8.22. The number of ether oxygens (including phenoxy) is 3. The highest BCUT2D eigenvalue weighted by Gasteiger charge is 2.51. The van der Waals surface area contributed by atoms with Gasteiger partial charge in [-0.1, -0.05) is 32.4 Å². The number of aldehydes is 1. The topological polar surface area (TPSA) is 65.0 Å². The van der Waals surface area contributed by atoms with Crippen LogP contribution in [0.5, 0.6) is 0 Å². The highest BCUT2D eigenvalue weighted by molar-refractivity contribution is 5.48. The van der Waals surface area contributed by atoms with E-state index in [-0.39, 0.29) is 11.3 Å². The van der Waals surface area contributed by atoms with Gasteiger partial charge in [-0.15, -0.1) is 0 Å². The third-order valence-corrected chi connectivity index (χ3v) is 5.79.